The normalized spacial score (nSPS) is 10.5. The lowest BCUT2D eigenvalue weighted by Gasteiger charge is -2.06. The Kier molecular flexibility index (Phi) is 3.07. The number of aliphatic hydroxyl groups is 1. The van der Waals surface area contributed by atoms with Crippen LogP contribution in [0.5, 0.6) is 5.88 Å². The van der Waals surface area contributed by atoms with E-state index in [0.717, 1.165) is 12.1 Å². The first-order valence-corrected chi connectivity index (χ1v) is 3.34. The third-order valence-electron chi connectivity index (χ3n) is 1.28. The molecule has 0 saturated heterocycles. The summed E-state index contributed by atoms with van der Waals surface area (Å²) >= 11 is 0. The highest BCUT2D eigenvalue weighted by Crippen LogP contribution is 2.17. The molecular weight excluding hydrogens is 187 g/mol. The fraction of sp³-hybridized carbons (Fsp3) is 0.286. The summed E-state index contributed by atoms with van der Waals surface area (Å²) in [5, 5.41) is 8.63. The van der Waals surface area contributed by atoms with Crippen molar-refractivity contribution in [3.63, 3.8) is 0 Å². The van der Waals surface area contributed by atoms with Crippen LogP contribution in [0.2, 0.25) is 0 Å². The van der Waals surface area contributed by atoms with Gasteiger partial charge in [0.05, 0.1) is 6.61 Å². The SMILES string of the molecule is OCc1ccc(F)nc1OC(F)F. The molecule has 1 rings (SSSR count). The predicted octanol–water partition coefficient (Wildman–Crippen LogP) is 1.31. The number of hydrogen-bond donors (Lipinski definition) is 1. The van der Waals surface area contributed by atoms with Crippen molar-refractivity contribution in [1.29, 1.82) is 0 Å². The quantitative estimate of drug-likeness (QED) is 0.736. The van der Waals surface area contributed by atoms with E-state index in [9.17, 15) is 13.2 Å². The highest BCUT2D eigenvalue weighted by molar-refractivity contribution is 5.24. The second-order valence-electron chi connectivity index (χ2n) is 2.13. The number of halogens is 3. The molecule has 1 heterocycles. The van der Waals surface area contributed by atoms with Crippen molar-refractivity contribution in [2.75, 3.05) is 0 Å². The molecule has 0 aliphatic heterocycles. The smallest absolute Gasteiger partial charge is 0.388 e. The summed E-state index contributed by atoms with van der Waals surface area (Å²) in [7, 11) is 0. The van der Waals surface area contributed by atoms with Gasteiger partial charge in [-0.15, -0.1) is 0 Å². The van der Waals surface area contributed by atoms with Gasteiger partial charge in [-0.1, -0.05) is 0 Å². The Morgan fingerprint density at radius 3 is 2.69 bits per heavy atom. The summed E-state index contributed by atoms with van der Waals surface area (Å²) in [6.45, 7) is -3.62. The van der Waals surface area contributed by atoms with Crippen LogP contribution in [0.3, 0.4) is 0 Å². The van der Waals surface area contributed by atoms with E-state index in [1.54, 1.807) is 0 Å². The van der Waals surface area contributed by atoms with Crippen molar-refractivity contribution in [2.24, 2.45) is 0 Å². The van der Waals surface area contributed by atoms with Crippen LogP contribution in [0.1, 0.15) is 5.56 Å². The van der Waals surface area contributed by atoms with Crippen molar-refractivity contribution in [3.05, 3.63) is 23.6 Å². The van der Waals surface area contributed by atoms with E-state index in [0.29, 0.717) is 0 Å². The fourth-order valence-electron chi connectivity index (χ4n) is 0.753. The van der Waals surface area contributed by atoms with E-state index >= 15 is 0 Å². The van der Waals surface area contributed by atoms with Crippen LogP contribution in [0, 0.1) is 5.95 Å². The minimum absolute atomic E-state index is 0.0155. The topological polar surface area (TPSA) is 42.4 Å². The van der Waals surface area contributed by atoms with Gasteiger partial charge in [0.2, 0.25) is 11.8 Å². The van der Waals surface area contributed by atoms with Crippen molar-refractivity contribution in [2.45, 2.75) is 13.2 Å². The number of nitrogens with zero attached hydrogens (tertiary/aromatic N) is 1. The lowest BCUT2D eigenvalue weighted by Crippen LogP contribution is -2.07. The molecule has 0 amide bonds. The number of rotatable bonds is 3. The lowest BCUT2D eigenvalue weighted by atomic mass is 10.3. The van der Waals surface area contributed by atoms with E-state index < -0.39 is 25.0 Å². The number of aliphatic hydroxyl groups excluding tert-OH is 1. The van der Waals surface area contributed by atoms with Crippen molar-refractivity contribution in [1.82, 2.24) is 4.98 Å². The van der Waals surface area contributed by atoms with E-state index in [2.05, 4.69) is 9.72 Å². The predicted molar refractivity (Wildman–Crippen MR) is 36.7 cm³/mol. The number of pyridine rings is 1. The van der Waals surface area contributed by atoms with Crippen LogP contribution < -0.4 is 4.74 Å². The van der Waals surface area contributed by atoms with Gasteiger partial charge in [-0.25, -0.2) is 0 Å². The third kappa shape index (κ3) is 2.59. The van der Waals surface area contributed by atoms with Crippen LogP contribution in [0.15, 0.2) is 12.1 Å². The lowest BCUT2D eigenvalue weighted by molar-refractivity contribution is -0.0544. The van der Waals surface area contributed by atoms with E-state index in [1.807, 2.05) is 0 Å². The minimum Gasteiger partial charge on any atom is -0.416 e. The molecule has 72 valence electrons. The van der Waals surface area contributed by atoms with Gasteiger partial charge in [0.15, 0.2) is 0 Å². The maximum atomic E-state index is 12.4. The Labute approximate surface area is 71.8 Å². The monoisotopic (exact) mass is 193 g/mol. The molecule has 0 spiro atoms. The van der Waals surface area contributed by atoms with Gasteiger partial charge in [0, 0.05) is 5.56 Å². The summed E-state index contributed by atoms with van der Waals surface area (Å²) in [6.07, 6.45) is 0. The van der Waals surface area contributed by atoms with Crippen molar-refractivity contribution in [3.8, 4) is 5.88 Å². The van der Waals surface area contributed by atoms with Gasteiger partial charge in [-0.2, -0.15) is 18.2 Å². The zero-order valence-electron chi connectivity index (χ0n) is 6.38. The number of aromatic nitrogens is 1. The van der Waals surface area contributed by atoms with Gasteiger partial charge >= 0.3 is 6.61 Å². The largest absolute Gasteiger partial charge is 0.416 e. The molecule has 1 aromatic rings. The molecule has 1 N–H and O–H groups in total. The Morgan fingerprint density at radius 1 is 1.46 bits per heavy atom. The van der Waals surface area contributed by atoms with Gasteiger partial charge in [0.1, 0.15) is 0 Å². The van der Waals surface area contributed by atoms with Gasteiger partial charge < -0.3 is 9.84 Å². The highest BCUT2D eigenvalue weighted by Gasteiger charge is 2.11. The summed E-state index contributed by atoms with van der Waals surface area (Å²) in [5.41, 5.74) is 0.0155. The molecule has 0 unspecified atom stereocenters. The van der Waals surface area contributed by atoms with E-state index in [4.69, 9.17) is 5.11 Å². The molecule has 0 saturated carbocycles. The first-order valence-electron chi connectivity index (χ1n) is 3.34. The first kappa shape index (κ1) is 9.79. The molecular formula is C7H6F3NO2. The number of ether oxygens (including phenoxy) is 1. The number of alkyl halides is 2. The highest BCUT2D eigenvalue weighted by atomic mass is 19.3. The zero-order chi connectivity index (χ0) is 9.84. The summed E-state index contributed by atoms with van der Waals surface area (Å²) in [6, 6.07) is 2.07. The second-order valence-corrected chi connectivity index (χ2v) is 2.13. The zero-order valence-corrected chi connectivity index (χ0v) is 6.38. The molecule has 0 radical (unpaired) electrons. The van der Waals surface area contributed by atoms with Crippen LogP contribution in [-0.2, 0) is 6.61 Å². The van der Waals surface area contributed by atoms with Gasteiger partial charge in [-0.3, -0.25) is 0 Å². The fourth-order valence-corrected chi connectivity index (χ4v) is 0.753. The van der Waals surface area contributed by atoms with Crippen molar-refractivity contribution < 1.29 is 23.0 Å². The van der Waals surface area contributed by atoms with Crippen molar-refractivity contribution >= 4 is 0 Å². The van der Waals surface area contributed by atoms with Crippen LogP contribution in [0.25, 0.3) is 0 Å². The average molecular weight is 193 g/mol. The molecule has 0 bridgehead atoms. The van der Waals surface area contributed by atoms with E-state index in [-0.39, 0.29) is 5.56 Å². The average Bonchev–Trinajstić information content (AvgIpc) is 2.03. The van der Waals surface area contributed by atoms with Gasteiger partial charge in [-0.05, 0) is 12.1 Å². The summed E-state index contributed by atoms with van der Waals surface area (Å²) in [4.78, 5) is 3.06. The minimum atomic E-state index is -3.08. The first-order chi connectivity index (χ1) is 6.13. The molecule has 0 aromatic carbocycles. The Morgan fingerprint density at radius 2 is 2.15 bits per heavy atom. The standard InChI is InChI=1S/C7H6F3NO2/c8-5-2-1-4(3-12)6(11-5)13-7(9)10/h1-2,7,12H,3H2. The van der Waals surface area contributed by atoms with E-state index in [1.165, 1.54) is 0 Å². The van der Waals surface area contributed by atoms with Crippen LogP contribution in [-0.4, -0.2) is 16.7 Å². The molecule has 6 heteroatoms. The molecule has 3 nitrogen and oxygen atoms in total. The van der Waals surface area contributed by atoms with Crippen LogP contribution in [0.4, 0.5) is 13.2 Å². The molecule has 0 fully saturated rings. The molecule has 13 heavy (non-hydrogen) atoms. The third-order valence-corrected chi connectivity index (χ3v) is 1.28. The summed E-state index contributed by atoms with van der Waals surface area (Å²) < 4.78 is 39.7. The maximum Gasteiger partial charge on any atom is 0.388 e. The van der Waals surface area contributed by atoms with Gasteiger partial charge in [0.25, 0.3) is 0 Å². The van der Waals surface area contributed by atoms with Crippen LogP contribution >= 0.6 is 0 Å². The Bertz CT molecular complexity index is 293. The molecule has 0 atom stereocenters. The molecule has 1 aromatic heterocycles. The maximum absolute atomic E-state index is 12.4. The number of hydrogen-bond acceptors (Lipinski definition) is 3. The second kappa shape index (κ2) is 4.08. The Balaban J connectivity index is 2.94. The molecule has 0 aliphatic carbocycles. The molecule has 0 aliphatic rings. The summed E-state index contributed by atoms with van der Waals surface area (Å²) in [5.74, 6) is -1.52. The Hall–Kier alpha value is -1.30.